The van der Waals surface area contributed by atoms with Crippen LogP contribution in [0.5, 0.6) is 0 Å². The monoisotopic (exact) mass is 366 g/mol. The summed E-state index contributed by atoms with van der Waals surface area (Å²) in [6.45, 7) is 3.64. The van der Waals surface area contributed by atoms with Gasteiger partial charge in [-0.3, -0.25) is 9.89 Å². The molecule has 0 fully saturated rings. The Bertz CT molecular complexity index is 887. The van der Waals surface area contributed by atoms with Gasteiger partial charge in [-0.2, -0.15) is 5.10 Å². The minimum Gasteiger partial charge on any atom is -0.367 e. The predicted octanol–water partition coefficient (Wildman–Crippen LogP) is 3.71. The zero-order valence-corrected chi connectivity index (χ0v) is 15.6. The largest absolute Gasteiger partial charge is 0.367 e. The molecule has 1 aliphatic heterocycles. The van der Waals surface area contributed by atoms with Gasteiger partial charge in [-0.1, -0.05) is 24.3 Å². The molecule has 1 atom stereocenters. The van der Waals surface area contributed by atoms with Crippen LogP contribution in [0.15, 0.2) is 47.8 Å². The van der Waals surface area contributed by atoms with Gasteiger partial charge in [-0.25, -0.2) is 0 Å². The van der Waals surface area contributed by atoms with Crippen LogP contribution in [0.25, 0.3) is 10.6 Å². The molecule has 2 N–H and O–H groups in total. The Balaban J connectivity index is 1.37. The van der Waals surface area contributed by atoms with Crippen LogP contribution in [0.4, 0.5) is 5.69 Å². The fraction of sp³-hybridized carbons (Fsp3) is 0.300. The highest BCUT2D eigenvalue weighted by Gasteiger charge is 2.22. The summed E-state index contributed by atoms with van der Waals surface area (Å²) in [6.07, 6.45) is 2.27. The SMILES string of the molecule is CC1CCc2ccccc2N1CCNC(=O)c1cc(-c2cccs2)[nH]n1. The smallest absolute Gasteiger partial charge is 0.271 e. The van der Waals surface area contributed by atoms with Crippen molar-refractivity contribution in [2.24, 2.45) is 0 Å². The number of aromatic nitrogens is 2. The lowest BCUT2D eigenvalue weighted by atomic mass is 9.97. The first-order chi connectivity index (χ1) is 12.7. The number of para-hydroxylation sites is 1. The second kappa shape index (κ2) is 7.33. The number of hydrogen-bond donors (Lipinski definition) is 2. The highest BCUT2D eigenvalue weighted by atomic mass is 32.1. The number of H-pyrrole nitrogens is 1. The normalized spacial score (nSPS) is 16.3. The predicted molar refractivity (Wildman–Crippen MR) is 106 cm³/mol. The summed E-state index contributed by atoms with van der Waals surface area (Å²) in [5.41, 5.74) is 3.99. The number of fused-ring (bicyclic) bond motifs is 1. The Morgan fingerprint density at radius 1 is 1.35 bits per heavy atom. The number of aromatic amines is 1. The number of amides is 1. The van der Waals surface area contributed by atoms with Gasteiger partial charge in [0.2, 0.25) is 0 Å². The fourth-order valence-corrected chi connectivity index (χ4v) is 4.17. The number of nitrogens with one attached hydrogen (secondary N) is 2. The highest BCUT2D eigenvalue weighted by molar-refractivity contribution is 7.13. The van der Waals surface area contributed by atoms with Crippen LogP contribution in [0.3, 0.4) is 0 Å². The van der Waals surface area contributed by atoms with E-state index in [2.05, 4.69) is 51.6 Å². The molecule has 0 saturated carbocycles. The number of thiophene rings is 1. The van der Waals surface area contributed by atoms with E-state index >= 15 is 0 Å². The van der Waals surface area contributed by atoms with E-state index in [1.54, 1.807) is 17.4 Å². The molecule has 0 spiro atoms. The Kier molecular flexibility index (Phi) is 4.75. The van der Waals surface area contributed by atoms with E-state index in [0.29, 0.717) is 18.3 Å². The summed E-state index contributed by atoms with van der Waals surface area (Å²) in [6, 6.07) is 14.8. The van der Waals surface area contributed by atoms with Gasteiger partial charge in [0.25, 0.3) is 5.91 Å². The molecule has 0 bridgehead atoms. The number of anilines is 1. The van der Waals surface area contributed by atoms with E-state index in [4.69, 9.17) is 0 Å². The second-order valence-electron chi connectivity index (χ2n) is 6.61. The average molecular weight is 366 g/mol. The number of nitrogens with zero attached hydrogens (tertiary/aromatic N) is 2. The van der Waals surface area contributed by atoms with E-state index in [9.17, 15) is 4.79 Å². The van der Waals surface area contributed by atoms with E-state index in [-0.39, 0.29) is 5.91 Å². The lowest BCUT2D eigenvalue weighted by Crippen LogP contribution is -2.42. The van der Waals surface area contributed by atoms with Gasteiger partial charge in [-0.05, 0) is 48.9 Å². The zero-order valence-electron chi connectivity index (χ0n) is 14.7. The molecule has 134 valence electrons. The molecule has 1 aliphatic rings. The molecule has 6 heteroatoms. The molecule has 5 nitrogen and oxygen atoms in total. The first-order valence-corrected chi connectivity index (χ1v) is 9.82. The molecule has 2 aromatic heterocycles. The molecule has 3 heterocycles. The number of carbonyl (C=O) groups excluding carboxylic acids is 1. The van der Waals surface area contributed by atoms with E-state index < -0.39 is 0 Å². The molecule has 26 heavy (non-hydrogen) atoms. The number of rotatable bonds is 5. The van der Waals surface area contributed by atoms with Crippen LogP contribution in [0.1, 0.15) is 29.4 Å². The summed E-state index contributed by atoms with van der Waals surface area (Å²) in [7, 11) is 0. The van der Waals surface area contributed by atoms with Crippen molar-refractivity contribution in [3.8, 4) is 10.6 Å². The van der Waals surface area contributed by atoms with Crippen molar-refractivity contribution in [3.63, 3.8) is 0 Å². The Morgan fingerprint density at radius 2 is 2.23 bits per heavy atom. The maximum atomic E-state index is 12.4. The van der Waals surface area contributed by atoms with E-state index in [1.807, 2.05) is 17.5 Å². The minimum atomic E-state index is -0.137. The van der Waals surface area contributed by atoms with Crippen LogP contribution in [-0.4, -0.2) is 35.2 Å². The third kappa shape index (κ3) is 3.37. The molecule has 0 saturated heterocycles. The highest BCUT2D eigenvalue weighted by Crippen LogP contribution is 2.29. The summed E-state index contributed by atoms with van der Waals surface area (Å²) in [5.74, 6) is -0.137. The minimum absolute atomic E-state index is 0.137. The van der Waals surface area contributed by atoms with Crippen molar-refractivity contribution >= 4 is 22.9 Å². The first-order valence-electron chi connectivity index (χ1n) is 8.94. The van der Waals surface area contributed by atoms with Crippen molar-refractivity contribution in [1.29, 1.82) is 0 Å². The van der Waals surface area contributed by atoms with E-state index in [1.165, 1.54) is 11.3 Å². The fourth-order valence-electron chi connectivity index (χ4n) is 3.48. The van der Waals surface area contributed by atoms with Gasteiger partial charge < -0.3 is 10.2 Å². The molecular formula is C20H22N4OS. The molecule has 3 aromatic rings. The molecule has 4 rings (SSSR count). The van der Waals surface area contributed by atoms with Gasteiger partial charge in [0, 0.05) is 24.8 Å². The third-order valence-corrected chi connectivity index (χ3v) is 5.80. The number of benzene rings is 1. The van der Waals surface area contributed by atoms with Crippen LogP contribution in [0.2, 0.25) is 0 Å². The van der Waals surface area contributed by atoms with Crippen molar-refractivity contribution in [2.45, 2.75) is 25.8 Å². The van der Waals surface area contributed by atoms with Crippen LogP contribution in [-0.2, 0) is 6.42 Å². The Morgan fingerprint density at radius 3 is 3.08 bits per heavy atom. The summed E-state index contributed by atoms with van der Waals surface area (Å²) in [4.78, 5) is 15.9. The standard InChI is InChI=1S/C20H22N4OS/c1-14-8-9-15-5-2-3-6-18(15)24(14)11-10-21-20(25)17-13-16(22-23-17)19-7-4-12-26-19/h2-7,12-14H,8-11H2,1H3,(H,21,25)(H,22,23). The van der Waals surface area contributed by atoms with Crippen molar-refractivity contribution in [3.05, 3.63) is 59.1 Å². The van der Waals surface area contributed by atoms with Gasteiger partial charge in [0.15, 0.2) is 5.69 Å². The maximum absolute atomic E-state index is 12.4. The first kappa shape index (κ1) is 16.8. The lowest BCUT2D eigenvalue weighted by Gasteiger charge is -2.37. The molecule has 0 radical (unpaired) electrons. The Labute approximate surface area is 157 Å². The second-order valence-corrected chi connectivity index (χ2v) is 7.56. The summed E-state index contributed by atoms with van der Waals surface area (Å²) < 4.78 is 0. The summed E-state index contributed by atoms with van der Waals surface area (Å²) >= 11 is 1.62. The molecule has 1 amide bonds. The number of hydrogen-bond acceptors (Lipinski definition) is 4. The molecule has 1 unspecified atom stereocenters. The van der Waals surface area contributed by atoms with Crippen molar-refractivity contribution in [1.82, 2.24) is 15.5 Å². The summed E-state index contributed by atoms with van der Waals surface area (Å²) in [5, 5.41) is 12.1. The average Bonchev–Trinajstić information content (AvgIpc) is 3.35. The third-order valence-electron chi connectivity index (χ3n) is 4.90. The quantitative estimate of drug-likeness (QED) is 0.724. The molecule has 1 aromatic carbocycles. The topological polar surface area (TPSA) is 61.0 Å². The van der Waals surface area contributed by atoms with Crippen LogP contribution in [0, 0.1) is 0 Å². The number of aryl methyl sites for hydroxylation is 1. The Hall–Kier alpha value is -2.60. The van der Waals surface area contributed by atoms with Gasteiger partial charge >= 0.3 is 0 Å². The molecular weight excluding hydrogens is 344 g/mol. The van der Waals surface area contributed by atoms with Crippen LogP contribution < -0.4 is 10.2 Å². The maximum Gasteiger partial charge on any atom is 0.271 e. The lowest BCUT2D eigenvalue weighted by molar-refractivity contribution is 0.0949. The van der Waals surface area contributed by atoms with Gasteiger partial charge in [-0.15, -0.1) is 11.3 Å². The van der Waals surface area contributed by atoms with Gasteiger partial charge in [0.1, 0.15) is 0 Å². The van der Waals surface area contributed by atoms with Crippen molar-refractivity contribution < 1.29 is 4.79 Å². The number of carbonyl (C=O) groups is 1. The van der Waals surface area contributed by atoms with Crippen LogP contribution >= 0.6 is 11.3 Å². The van der Waals surface area contributed by atoms with E-state index in [0.717, 1.165) is 30.0 Å². The molecule has 0 aliphatic carbocycles. The zero-order chi connectivity index (χ0) is 17.9. The van der Waals surface area contributed by atoms with Crippen molar-refractivity contribution in [2.75, 3.05) is 18.0 Å². The van der Waals surface area contributed by atoms with Gasteiger partial charge in [0.05, 0.1) is 10.6 Å².